The van der Waals surface area contributed by atoms with E-state index in [1.165, 1.54) is 12.8 Å². The van der Waals surface area contributed by atoms with Gasteiger partial charge >= 0.3 is 0 Å². The number of fused-ring (bicyclic) bond motifs is 2. The summed E-state index contributed by atoms with van der Waals surface area (Å²) in [7, 11) is 0. The normalized spacial score (nSPS) is 42.2. The van der Waals surface area contributed by atoms with Crippen LogP contribution in [0.4, 0.5) is 0 Å². The summed E-state index contributed by atoms with van der Waals surface area (Å²) in [6, 6.07) is 0.538. The van der Waals surface area contributed by atoms with E-state index < -0.39 is 0 Å². The molecule has 0 spiro atoms. The van der Waals surface area contributed by atoms with Crippen molar-refractivity contribution in [1.82, 2.24) is 5.32 Å². The Balaban J connectivity index is 2.13. The lowest BCUT2D eigenvalue weighted by atomic mass is 9.84. The van der Waals surface area contributed by atoms with Gasteiger partial charge in [0.15, 0.2) is 0 Å². The molecule has 2 nitrogen and oxygen atoms in total. The number of hydrogen-bond acceptors (Lipinski definition) is 2. The summed E-state index contributed by atoms with van der Waals surface area (Å²) >= 11 is 0. The van der Waals surface area contributed by atoms with E-state index in [1.807, 2.05) is 0 Å². The summed E-state index contributed by atoms with van der Waals surface area (Å²) in [6.45, 7) is 5.18. The third-order valence-corrected chi connectivity index (χ3v) is 3.45. The van der Waals surface area contributed by atoms with Gasteiger partial charge in [-0.3, -0.25) is 0 Å². The van der Waals surface area contributed by atoms with Crippen LogP contribution in [0, 0.1) is 11.8 Å². The molecule has 2 heteroatoms. The molecule has 0 heterocycles. The molecule has 1 fully saturated rings. The van der Waals surface area contributed by atoms with Gasteiger partial charge in [0.2, 0.25) is 0 Å². The van der Waals surface area contributed by atoms with Crippen LogP contribution < -0.4 is 11.1 Å². The fourth-order valence-corrected chi connectivity index (χ4v) is 2.99. The second-order valence-electron chi connectivity index (χ2n) is 4.85. The van der Waals surface area contributed by atoms with Crippen molar-refractivity contribution in [3.63, 3.8) is 0 Å². The Morgan fingerprint density at radius 2 is 2.31 bits per heavy atom. The van der Waals surface area contributed by atoms with Crippen LogP contribution in [0.15, 0.2) is 12.2 Å². The molecule has 3 N–H and O–H groups in total. The van der Waals surface area contributed by atoms with Crippen molar-refractivity contribution in [2.75, 3.05) is 6.54 Å². The monoisotopic (exact) mass is 180 g/mol. The van der Waals surface area contributed by atoms with E-state index in [9.17, 15) is 0 Å². The molecule has 0 aromatic heterocycles. The van der Waals surface area contributed by atoms with Gasteiger partial charge in [0, 0.05) is 18.1 Å². The zero-order valence-electron chi connectivity index (χ0n) is 8.59. The average molecular weight is 180 g/mol. The molecule has 1 saturated carbocycles. The van der Waals surface area contributed by atoms with Crippen molar-refractivity contribution in [3.05, 3.63) is 12.2 Å². The van der Waals surface area contributed by atoms with Crippen LogP contribution in [-0.2, 0) is 0 Å². The largest absolute Gasteiger partial charge is 0.329 e. The fraction of sp³-hybridized carbons (Fsp3) is 0.818. The van der Waals surface area contributed by atoms with Gasteiger partial charge in [-0.1, -0.05) is 26.0 Å². The smallest absolute Gasteiger partial charge is 0.0374 e. The fourth-order valence-electron chi connectivity index (χ4n) is 2.99. The first-order valence-electron chi connectivity index (χ1n) is 5.32. The molecule has 0 saturated heterocycles. The molecule has 0 aliphatic heterocycles. The zero-order valence-corrected chi connectivity index (χ0v) is 8.59. The lowest BCUT2D eigenvalue weighted by Gasteiger charge is -2.37. The van der Waals surface area contributed by atoms with Gasteiger partial charge in [-0.25, -0.2) is 0 Å². The van der Waals surface area contributed by atoms with E-state index in [0.29, 0.717) is 12.0 Å². The van der Waals surface area contributed by atoms with Crippen LogP contribution in [0.5, 0.6) is 0 Å². The van der Waals surface area contributed by atoms with E-state index in [1.54, 1.807) is 0 Å². The molecule has 74 valence electrons. The third kappa shape index (κ3) is 1.42. The van der Waals surface area contributed by atoms with Crippen LogP contribution in [-0.4, -0.2) is 18.1 Å². The van der Waals surface area contributed by atoms with Gasteiger partial charge in [0.05, 0.1) is 0 Å². The Labute approximate surface area is 80.6 Å². The highest BCUT2D eigenvalue weighted by atomic mass is 15.0. The van der Waals surface area contributed by atoms with E-state index in [-0.39, 0.29) is 5.54 Å². The lowest BCUT2D eigenvalue weighted by molar-refractivity contribution is 0.259. The highest BCUT2D eigenvalue weighted by Gasteiger charge is 2.47. The van der Waals surface area contributed by atoms with E-state index in [2.05, 4.69) is 31.3 Å². The van der Waals surface area contributed by atoms with E-state index >= 15 is 0 Å². The molecule has 1 unspecified atom stereocenters. The van der Waals surface area contributed by atoms with Gasteiger partial charge in [0.1, 0.15) is 0 Å². The standard InChI is InChI=1S/C11H20N2/c1-8(2)13-11(7-12)6-9-3-4-10(11)5-9/h3-4,8-10,13H,5-7,12H2,1-2H3/t9-,10+,11?/m0/s1. The Bertz CT molecular complexity index is 222. The first kappa shape index (κ1) is 9.22. The topological polar surface area (TPSA) is 38.0 Å². The van der Waals surface area contributed by atoms with Gasteiger partial charge in [-0.2, -0.15) is 0 Å². The summed E-state index contributed by atoms with van der Waals surface area (Å²) in [6.07, 6.45) is 7.27. The minimum absolute atomic E-state index is 0.216. The Morgan fingerprint density at radius 1 is 1.54 bits per heavy atom. The highest BCUT2D eigenvalue weighted by Crippen LogP contribution is 2.45. The highest BCUT2D eigenvalue weighted by molar-refractivity contribution is 5.20. The van der Waals surface area contributed by atoms with E-state index in [0.717, 1.165) is 12.5 Å². The SMILES string of the molecule is CC(C)NC1(CN)C[C@H]2C=C[C@@H]1C2. The molecule has 0 amide bonds. The molecular weight excluding hydrogens is 160 g/mol. The summed E-state index contributed by atoms with van der Waals surface area (Å²) in [5.41, 5.74) is 6.12. The van der Waals surface area contributed by atoms with Gasteiger partial charge < -0.3 is 11.1 Å². The maximum Gasteiger partial charge on any atom is 0.0374 e. The summed E-state index contributed by atoms with van der Waals surface area (Å²) in [4.78, 5) is 0. The van der Waals surface area contributed by atoms with Crippen molar-refractivity contribution in [1.29, 1.82) is 0 Å². The first-order valence-corrected chi connectivity index (χ1v) is 5.32. The Kier molecular flexibility index (Phi) is 2.20. The number of allylic oxidation sites excluding steroid dienone is 1. The zero-order chi connectivity index (χ0) is 9.47. The molecule has 13 heavy (non-hydrogen) atoms. The van der Waals surface area contributed by atoms with Crippen LogP contribution in [0.2, 0.25) is 0 Å². The summed E-state index contributed by atoms with van der Waals surface area (Å²) in [5, 5.41) is 3.66. The predicted molar refractivity (Wildman–Crippen MR) is 55.4 cm³/mol. The molecular formula is C11H20N2. The molecule has 2 bridgehead atoms. The van der Waals surface area contributed by atoms with Crippen molar-refractivity contribution in [2.45, 2.75) is 38.3 Å². The number of nitrogens with two attached hydrogens (primary N) is 1. The first-order chi connectivity index (χ1) is 6.16. The molecule has 0 aromatic rings. The van der Waals surface area contributed by atoms with Crippen molar-refractivity contribution < 1.29 is 0 Å². The van der Waals surface area contributed by atoms with Crippen molar-refractivity contribution in [3.8, 4) is 0 Å². The van der Waals surface area contributed by atoms with Crippen LogP contribution in [0.25, 0.3) is 0 Å². The lowest BCUT2D eigenvalue weighted by Crippen LogP contribution is -2.56. The minimum Gasteiger partial charge on any atom is -0.329 e. The second kappa shape index (κ2) is 3.10. The second-order valence-corrected chi connectivity index (χ2v) is 4.85. The molecule has 2 aliphatic rings. The summed E-state index contributed by atoms with van der Waals surface area (Å²) in [5.74, 6) is 1.48. The van der Waals surface area contributed by atoms with Gasteiger partial charge in [0.25, 0.3) is 0 Å². The minimum atomic E-state index is 0.216. The number of rotatable bonds is 3. The predicted octanol–water partition coefficient (Wildman–Crippen LogP) is 1.28. The van der Waals surface area contributed by atoms with Crippen LogP contribution in [0.1, 0.15) is 26.7 Å². The summed E-state index contributed by atoms with van der Waals surface area (Å²) < 4.78 is 0. The van der Waals surface area contributed by atoms with Gasteiger partial charge in [-0.15, -0.1) is 0 Å². The maximum absolute atomic E-state index is 5.91. The molecule has 2 aliphatic carbocycles. The third-order valence-electron chi connectivity index (χ3n) is 3.45. The molecule has 0 aromatic carbocycles. The number of hydrogen-bond donors (Lipinski definition) is 2. The van der Waals surface area contributed by atoms with Crippen molar-refractivity contribution in [2.24, 2.45) is 17.6 Å². The maximum atomic E-state index is 5.91. The number of nitrogens with one attached hydrogen (secondary N) is 1. The molecule has 0 radical (unpaired) electrons. The van der Waals surface area contributed by atoms with Crippen LogP contribution in [0.3, 0.4) is 0 Å². The van der Waals surface area contributed by atoms with Crippen molar-refractivity contribution >= 4 is 0 Å². The molecule has 2 rings (SSSR count). The van der Waals surface area contributed by atoms with E-state index in [4.69, 9.17) is 5.73 Å². The van der Waals surface area contributed by atoms with Crippen LogP contribution >= 0.6 is 0 Å². The van der Waals surface area contributed by atoms with Gasteiger partial charge in [-0.05, 0) is 24.7 Å². The Morgan fingerprint density at radius 3 is 2.69 bits per heavy atom. The quantitative estimate of drug-likeness (QED) is 0.642. The molecule has 3 atom stereocenters. The average Bonchev–Trinajstić information content (AvgIpc) is 2.62. The Hall–Kier alpha value is -0.340.